The van der Waals surface area contributed by atoms with Crippen molar-refractivity contribution in [2.24, 2.45) is 5.73 Å². The van der Waals surface area contributed by atoms with E-state index in [9.17, 15) is 0 Å². The zero-order valence-corrected chi connectivity index (χ0v) is 14.8. The third-order valence-electron chi connectivity index (χ3n) is 4.45. The number of likely N-dealkylation sites (tertiary alicyclic amines) is 1. The first-order valence-corrected chi connectivity index (χ1v) is 8.30. The Labute approximate surface area is 136 Å². The minimum absolute atomic E-state index is 0.200. The van der Waals surface area contributed by atoms with E-state index in [0.717, 1.165) is 16.8 Å². The van der Waals surface area contributed by atoms with Gasteiger partial charge in [-0.2, -0.15) is 0 Å². The van der Waals surface area contributed by atoms with Crippen LogP contribution in [0.3, 0.4) is 0 Å². The van der Waals surface area contributed by atoms with E-state index < -0.39 is 0 Å². The Morgan fingerprint density at radius 1 is 1.52 bits per heavy atom. The molecule has 0 saturated carbocycles. The predicted molar refractivity (Wildman–Crippen MR) is 90.8 cm³/mol. The van der Waals surface area contributed by atoms with Crippen LogP contribution in [-0.2, 0) is 0 Å². The predicted octanol–water partition coefficient (Wildman–Crippen LogP) is 2.48. The summed E-state index contributed by atoms with van der Waals surface area (Å²) >= 11 is 3.66. The van der Waals surface area contributed by atoms with Crippen LogP contribution in [0.1, 0.15) is 24.4 Å². The molecule has 2 atom stereocenters. The maximum atomic E-state index is 6.09. The molecule has 1 aliphatic heterocycles. The Morgan fingerprint density at radius 3 is 2.90 bits per heavy atom. The average molecular weight is 356 g/mol. The van der Waals surface area contributed by atoms with Gasteiger partial charge in [-0.25, -0.2) is 0 Å². The fraction of sp³-hybridized carbons (Fsp3) is 0.625. The van der Waals surface area contributed by atoms with E-state index in [0.29, 0.717) is 12.6 Å². The van der Waals surface area contributed by atoms with Crippen molar-refractivity contribution in [3.8, 4) is 5.75 Å². The molecule has 0 radical (unpaired) electrons. The van der Waals surface area contributed by atoms with Crippen LogP contribution in [0.4, 0.5) is 0 Å². The van der Waals surface area contributed by atoms with Crippen molar-refractivity contribution in [2.75, 3.05) is 40.8 Å². The van der Waals surface area contributed by atoms with Gasteiger partial charge in [-0.1, -0.05) is 15.9 Å². The molecule has 0 aliphatic carbocycles. The molecule has 4 nitrogen and oxygen atoms in total. The number of ether oxygens (including phenoxy) is 1. The lowest BCUT2D eigenvalue weighted by molar-refractivity contribution is 0.101. The highest BCUT2D eigenvalue weighted by molar-refractivity contribution is 9.10. The lowest BCUT2D eigenvalue weighted by Crippen LogP contribution is -2.47. The van der Waals surface area contributed by atoms with Crippen LogP contribution in [0.25, 0.3) is 0 Å². The van der Waals surface area contributed by atoms with Crippen LogP contribution in [0, 0.1) is 0 Å². The molecule has 1 fully saturated rings. The minimum atomic E-state index is 0.200. The van der Waals surface area contributed by atoms with Gasteiger partial charge in [-0.3, -0.25) is 4.90 Å². The lowest BCUT2D eigenvalue weighted by atomic mass is 9.99. The largest absolute Gasteiger partial charge is 0.497 e. The van der Waals surface area contributed by atoms with Crippen LogP contribution in [0.15, 0.2) is 22.7 Å². The van der Waals surface area contributed by atoms with Crippen molar-refractivity contribution >= 4 is 15.9 Å². The van der Waals surface area contributed by atoms with Crippen molar-refractivity contribution in [1.29, 1.82) is 0 Å². The zero-order valence-electron chi connectivity index (χ0n) is 13.2. The second kappa shape index (κ2) is 7.58. The first kappa shape index (κ1) is 16.7. The molecule has 0 spiro atoms. The molecule has 0 amide bonds. The van der Waals surface area contributed by atoms with Crippen molar-refractivity contribution in [2.45, 2.75) is 24.9 Å². The number of methoxy groups -OCH3 is 1. The minimum Gasteiger partial charge on any atom is -0.497 e. The van der Waals surface area contributed by atoms with Crippen molar-refractivity contribution < 1.29 is 4.74 Å². The molecule has 0 bridgehead atoms. The van der Waals surface area contributed by atoms with E-state index in [4.69, 9.17) is 10.5 Å². The molecule has 2 N–H and O–H groups in total. The maximum absolute atomic E-state index is 6.09. The zero-order chi connectivity index (χ0) is 15.4. The molecular formula is C16H26BrN3O. The normalized spacial score (nSPS) is 21.5. The summed E-state index contributed by atoms with van der Waals surface area (Å²) in [7, 11) is 6.08. The highest BCUT2D eigenvalue weighted by Gasteiger charge is 2.27. The molecule has 1 heterocycles. The van der Waals surface area contributed by atoms with Gasteiger partial charge in [0.1, 0.15) is 5.75 Å². The first-order valence-electron chi connectivity index (χ1n) is 7.50. The topological polar surface area (TPSA) is 41.7 Å². The van der Waals surface area contributed by atoms with Gasteiger partial charge in [0, 0.05) is 29.6 Å². The molecule has 1 aromatic rings. The van der Waals surface area contributed by atoms with Crippen LogP contribution in [0.5, 0.6) is 5.75 Å². The average Bonchev–Trinajstić information content (AvgIpc) is 2.49. The Balaban J connectivity index is 2.22. The van der Waals surface area contributed by atoms with Crippen LogP contribution < -0.4 is 10.5 Å². The van der Waals surface area contributed by atoms with E-state index in [1.807, 2.05) is 12.1 Å². The highest BCUT2D eigenvalue weighted by atomic mass is 79.9. The fourth-order valence-corrected chi connectivity index (χ4v) is 3.65. The second-order valence-electron chi connectivity index (χ2n) is 5.86. The quantitative estimate of drug-likeness (QED) is 0.880. The number of halogens is 1. The molecule has 5 heteroatoms. The monoisotopic (exact) mass is 355 g/mol. The molecule has 2 unspecified atom stereocenters. The molecular weight excluding hydrogens is 330 g/mol. The summed E-state index contributed by atoms with van der Waals surface area (Å²) in [5.41, 5.74) is 7.29. The highest BCUT2D eigenvalue weighted by Crippen LogP contribution is 2.32. The SMILES string of the molecule is COc1ccc(Br)c(C(CN)N(C)C2CCCN(C)C2)c1. The Hall–Kier alpha value is -0.620. The molecule has 1 saturated heterocycles. The maximum Gasteiger partial charge on any atom is 0.119 e. The smallest absolute Gasteiger partial charge is 0.119 e. The van der Waals surface area contributed by atoms with E-state index in [2.05, 4.69) is 45.9 Å². The lowest BCUT2D eigenvalue weighted by Gasteiger charge is -2.40. The van der Waals surface area contributed by atoms with Crippen molar-refractivity contribution in [3.05, 3.63) is 28.2 Å². The van der Waals surface area contributed by atoms with Crippen molar-refractivity contribution in [1.82, 2.24) is 9.80 Å². The van der Waals surface area contributed by atoms with E-state index >= 15 is 0 Å². The van der Waals surface area contributed by atoms with Crippen LogP contribution >= 0.6 is 15.9 Å². The Bertz CT molecular complexity index is 469. The number of hydrogen-bond acceptors (Lipinski definition) is 4. The Kier molecular flexibility index (Phi) is 6.05. The van der Waals surface area contributed by atoms with Gasteiger partial charge in [0.15, 0.2) is 0 Å². The van der Waals surface area contributed by atoms with Crippen LogP contribution in [0.2, 0.25) is 0 Å². The summed E-state index contributed by atoms with van der Waals surface area (Å²) in [5.74, 6) is 0.876. The number of nitrogens with two attached hydrogens (primary N) is 1. The van der Waals surface area contributed by atoms with Gasteiger partial charge < -0.3 is 15.4 Å². The van der Waals surface area contributed by atoms with Gasteiger partial charge in [0.25, 0.3) is 0 Å². The number of piperidine rings is 1. The van der Waals surface area contributed by atoms with E-state index in [1.54, 1.807) is 7.11 Å². The number of benzene rings is 1. The molecule has 2 rings (SSSR count). The molecule has 21 heavy (non-hydrogen) atoms. The number of likely N-dealkylation sites (N-methyl/N-ethyl adjacent to an activating group) is 2. The van der Waals surface area contributed by atoms with Gasteiger partial charge in [0.2, 0.25) is 0 Å². The number of nitrogens with zero attached hydrogens (tertiary/aromatic N) is 2. The fourth-order valence-electron chi connectivity index (χ4n) is 3.14. The summed E-state index contributed by atoms with van der Waals surface area (Å²) in [6.07, 6.45) is 2.49. The summed E-state index contributed by atoms with van der Waals surface area (Å²) in [4.78, 5) is 4.83. The number of hydrogen-bond donors (Lipinski definition) is 1. The molecule has 1 aliphatic rings. The van der Waals surface area contributed by atoms with E-state index in [1.165, 1.54) is 24.9 Å². The summed E-state index contributed by atoms with van der Waals surface area (Å²) in [6.45, 7) is 2.90. The van der Waals surface area contributed by atoms with E-state index in [-0.39, 0.29) is 6.04 Å². The van der Waals surface area contributed by atoms with Gasteiger partial charge in [0.05, 0.1) is 7.11 Å². The van der Waals surface area contributed by atoms with Crippen molar-refractivity contribution in [3.63, 3.8) is 0 Å². The summed E-state index contributed by atoms with van der Waals surface area (Å²) in [6, 6.07) is 6.85. The van der Waals surface area contributed by atoms with Gasteiger partial charge in [-0.15, -0.1) is 0 Å². The summed E-state index contributed by atoms with van der Waals surface area (Å²) in [5, 5.41) is 0. The third-order valence-corrected chi connectivity index (χ3v) is 5.17. The molecule has 1 aromatic carbocycles. The standard InChI is InChI=1S/C16H26BrN3O/c1-19-8-4-5-12(11-19)20(2)16(10-18)14-9-13(21-3)6-7-15(14)17/h6-7,9,12,16H,4-5,8,10-11,18H2,1-3H3. The first-order chi connectivity index (χ1) is 10.1. The number of rotatable bonds is 5. The molecule has 118 valence electrons. The Morgan fingerprint density at radius 2 is 2.29 bits per heavy atom. The second-order valence-corrected chi connectivity index (χ2v) is 6.72. The van der Waals surface area contributed by atoms with Gasteiger partial charge >= 0.3 is 0 Å². The van der Waals surface area contributed by atoms with Gasteiger partial charge in [-0.05, 0) is 57.2 Å². The van der Waals surface area contributed by atoms with Crippen LogP contribution in [-0.4, -0.2) is 56.7 Å². The summed E-state index contributed by atoms with van der Waals surface area (Å²) < 4.78 is 6.45. The third kappa shape index (κ3) is 3.97. The molecule has 0 aromatic heterocycles.